The molecule has 0 fully saturated rings. The fraction of sp³-hybridized carbons (Fsp3) is 0.103. The highest BCUT2D eigenvalue weighted by molar-refractivity contribution is 7.21. The van der Waals surface area contributed by atoms with E-state index in [2.05, 4.69) is 100 Å². The second-order valence-electron chi connectivity index (χ2n) is 8.86. The molecule has 6 aromatic rings. The highest BCUT2D eigenvalue weighted by atomic mass is 32.1. The van der Waals surface area contributed by atoms with E-state index in [4.69, 9.17) is 9.47 Å². The number of ether oxygens (including phenoxy) is 2. The Morgan fingerprint density at radius 3 is 1.77 bits per heavy atom. The SMILES string of the molecule is c1ccc2c(c1)OCC[C@@]1(Oc3ccccc3-c3sc4ccccc4[n+]31)[n+]1c-2sc2ccccc21. The second kappa shape index (κ2) is 7.13. The van der Waals surface area contributed by atoms with E-state index in [0.29, 0.717) is 13.0 Å². The lowest BCUT2D eigenvalue weighted by molar-refractivity contribution is -1.00. The first kappa shape index (κ1) is 19.6. The van der Waals surface area contributed by atoms with Gasteiger partial charge in [0, 0.05) is 12.1 Å². The van der Waals surface area contributed by atoms with E-state index in [9.17, 15) is 0 Å². The van der Waals surface area contributed by atoms with Gasteiger partial charge in [-0.25, -0.2) is 0 Å². The van der Waals surface area contributed by atoms with E-state index in [1.54, 1.807) is 11.3 Å². The van der Waals surface area contributed by atoms with E-state index in [1.807, 2.05) is 17.4 Å². The van der Waals surface area contributed by atoms with Crippen LogP contribution >= 0.6 is 22.7 Å². The second-order valence-corrected chi connectivity index (χ2v) is 10.9. The third-order valence-corrected chi connectivity index (χ3v) is 9.25. The molecule has 0 N–H and O–H groups in total. The molecule has 0 saturated heterocycles. The van der Waals surface area contributed by atoms with Gasteiger partial charge in [0.1, 0.15) is 33.1 Å². The molecule has 0 radical (unpaired) electrons. The Kier molecular flexibility index (Phi) is 3.99. The van der Waals surface area contributed by atoms with Crippen molar-refractivity contribution in [3.8, 4) is 32.6 Å². The van der Waals surface area contributed by atoms with Crippen LogP contribution in [0.4, 0.5) is 0 Å². The van der Waals surface area contributed by atoms with Crippen LogP contribution in [-0.4, -0.2) is 6.61 Å². The molecule has 6 heteroatoms. The summed E-state index contributed by atoms with van der Waals surface area (Å²) in [4.78, 5) is 0. The molecule has 1 spiro atoms. The van der Waals surface area contributed by atoms with Gasteiger partial charge in [-0.1, -0.05) is 80.3 Å². The van der Waals surface area contributed by atoms with Gasteiger partial charge in [0.05, 0.1) is 5.56 Å². The first-order valence-corrected chi connectivity index (χ1v) is 13.4. The number of aromatic nitrogens is 2. The molecule has 168 valence electrons. The summed E-state index contributed by atoms with van der Waals surface area (Å²) in [6.07, 6.45) is 0.659. The Labute approximate surface area is 209 Å². The predicted molar refractivity (Wildman–Crippen MR) is 139 cm³/mol. The minimum atomic E-state index is -0.814. The van der Waals surface area contributed by atoms with E-state index >= 15 is 0 Å². The first-order chi connectivity index (χ1) is 17.3. The van der Waals surface area contributed by atoms with Crippen molar-refractivity contribution in [1.82, 2.24) is 0 Å². The standard InChI is InChI=1S/C29H20N2O2S2/c1-5-13-23-19(9-1)27-30(21-11-3-7-15-25(21)34-27)29(17-18-32-23)31-22-12-4-8-16-26(22)35-28(31)20-10-2-6-14-24(20)33-29/h1-16H,17-18H2/q+2/t29-/m1/s1. The number of para-hydroxylation sites is 4. The summed E-state index contributed by atoms with van der Waals surface area (Å²) in [6, 6.07) is 34.0. The largest absolute Gasteiger partial charge is 0.531 e. The average molecular weight is 493 g/mol. The van der Waals surface area contributed by atoms with Crippen molar-refractivity contribution >= 4 is 43.1 Å². The number of benzene rings is 4. The van der Waals surface area contributed by atoms with Gasteiger partial charge < -0.3 is 9.47 Å². The molecule has 1 atom stereocenters. The van der Waals surface area contributed by atoms with Crippen LogP contribution in [-0.2, 0) is 5.85 Å². The summed E-state index contributed by atoms with van der Waals surface area (Å²) in [5.41, 5.74) is 4.56. The van der Waals surface area contributed by atoms with Crippen LogP contribution in [0, 0.1) is 0 Å². The summed E-state index contributed by atoms with van der Waals surface area (Å²) in [5, 5.41) is 2.34. The topological polar surface area (TPSA) is 26.2 Å². The van der Waals surface area contributed by atoms with Crippen molar-refractivity contribution in [3.05, 3.63) is 97.1 Å². The Balaban J connectivity index is 1.57. The molecule has 4 nitrogen and oxygen atoms in total. The zero-order valence-electron chi connectivity index (χ0n) is 18.7. The van der Waals surface area contributed by atoms with Gasteiger partial charge >= 0.3 is 5.85 Å². The Hall–Kier alpha value is -3.74. The van der Waals surface area contributed by atoms with Gasteiger partial charge in [-0.3, -0.25) is 0 Å². The van der Waals surface area contributed by atoms with Crippen LogP contribution in [0.15, 0.2) is 97.1 Å². The van der Waals surface area contributed by atoms with Crippen molar-refractivity contribution in [3.63, 3.8) is 0 Å². The minimum absolute atomic E-state index is 0.534. The number of hydrogen-bond donors (Lipinski definition) is 0. The van der Waals surface area contributed by atoms with Crippen LogP contribution in [0.3, 0.4) is 0 Å². The fourth-order valence-corrected chi connectivity index (χ4v) is 7.92. The average Bonchev–Trinajstić information content (AvgIpc) is 3.48. The maximum absolute atomic E-state index is 7.16. The predicted octanol–water partition coefficient (Wildman–Crippen LogP) is 6.36. The third kappa shape index (κ3) is 2.61. The summed E-state index contributed by atoms with van der Waals surface area (Å²) < 4.78 is 20.9. The molecule has 4 heterocycles. The lowest BCUT2D eigenvalue weighted by Crippen LogP contribution is -2.78. The van der Waals surface area contributed by atoms with Crippen LogP contribution in [0.5, 0.6) is 11.5 Å². The smallest absolute Gasteiger partial charge is 0.492 e. The van der Waals surface area contributed by atoms with Crippen LogP contribution in [0.2, 0.25) is 0 Å². The van der Waals surface area contributed by atoms with Crippen molar-refractivity contribution in [2.45, 2.75) is 12.3 Å². The molecule has 2 aliphatic rings. The molecule has 0 bridgehead atoms. The molecule has 4 aromatic carbocycles. The number of rotatable bonds is 0. The Morgan fingerprint density at radius 2 is 1.11 bits per heavy atom. The molecule has 8 rings (SSSR count). The van der Waals surface area contributed by atoms with Gasteiger partial charge in [0.2, 0.25) is 11.0 Å². The summed E-state index contributed by atoms with van der Waals surface area (Å²) in [5.74, 6) is 1.01. The van der Waals surface area contributed by atoms with Crippen LogP contribution in [0.25, 0.3) is 41.6 Å². The maximum atomic E-state index is 7.16. The molecule has 2 aromatic heterocycles. The monoisotopic (exact) mass is 492 g/mol. The van der Waals surface area contributed by atoms with Crippen molar-refractivity contribution in [2.24, 2.45) is 0 Å². The van der Waals surface area contributed by atoms with Gasteiger partial charge in [-0.05, 0) is 36.4 Å². The first-order valence-electron chi connectivity index (χ1n) is 11.7. The molecule has 0 saturated carbocycles. The quantitative estimate of drug-likeness (QED) is 0.231. The lowest BCUT2D eigenvalue weighted by atomic mass is 10.1. The van der Waals surface area contributed by atoms with E-state index in [0.717, 1.165) is 33.2 Å². The number of fused-ring (bicyclic) bond motifs is 12. The van der Waals surface area contributed by atoms with Gasteiger partial charge in [-0.2, -0.15) is 0 Å². The maximum Gasteiger partial charge on any atom is 0.531 e. The molecule has 0 unspecified atom stereocenters. The normalized spacial score (nSPS) is 18.1. The van der Waals surface area contributed by atoms with Crippen LogP contribution in [0.1, 0.15) is 6.42 Å². The van der Waals surface area contributed by atoms with E-state index in [-0.39, 0.29) is 0 Å². The van der Waals surface area contributed by atoms with Gasteiger partial charge in [0.25, 0.3) is 10.0 Å². The van der Waals surface area contributed by atoms with Crippen molar-refractivity contribution in [2.75, 3.05) is 6.61 Å². The zero-order chi connectivity index (χ0) is 23.0. The minimum Gasteiger partial charge on any atom is -0.492 e. The highest BCUT2D eigenvalue weighted by Gasteiger charge is 2.63. The molecule has 35 heavy (non-hydrogen) atoms. The van der Waals surface area contributed by atoms with Gasteiger partial charge in [-0.15, -0.1) is 0 Å². The summed E-state index contributed by atoms with van der Waals surface area (Å²) in [6.45, 7) is 0.534. The summed E-state index contributed by atoms with van der Waals surface area (Å²) in [7, 11) is 0. The van der Waals surface area contributed by atoms with Gasteiger partial charge in [0.15, 0.2) is 6.42 Å². The van der Waals surface area contributed by atoms with E-state index in [1.165, 1.54) is 19.9 Å². The van der Waals surface area contributed by atoms with Crippen molar-refractivity contribution in [1.29, 1.82) is 0 Å². The van der Waals surface area contributed by atoms with E-state index < -0.39 is 5.85 Å². The highest BCUT2D eigenvalue weighted by Crippen LogP contribution is 2.45. The molecule has 2 aliphatic heterocycles. The third-order valence-electron chi connectivity index (χ3n) is 6.92. The van der Waals surface area contributed by atoms with Crippen LogP contribution < -0.4 is 18.6 Å². The molecular formula is C29H20N2O2S2+2. The molecule has 0 aliphatic carbocycles. The Bertz CT molecular complexity index is 1790. The number of hydrogen-bond acceptors (Lipinski definition) is 4. The number of thiazole rings is 2. The fourth-order valence-electron chi connectivity index (χ4n) is 5.46. The lowest BCUT2D eigenvalue weighted by Gasteiger charge is -2.29. The molecule has 0 amide bonds. The zero-order valence-corrected chi connectivity index (χ0v) is 20.3. The molecular weight excluding hydrogens is 472 g/mol. The Morgan fingerprint density at radius 1 is 0.600 bits per heavy atom. The number of nitrogens with zero attached hydrogens (tertiary/aromatic N) is 2. The van der Waals surface area contributed by atoms with Crippen molar-refractivity contribution < 1.29 is 18.6 Å². The summed E-state index contributed by atoms with van der Waals surface area (Å²) >= 11 is 3.61.